The average molecular weight is 450 g/mol. The van der Waals surface area contributed by atoms with Crippen LogP contribution >= 0.6 is 27.5 Å². The summed E-state index contributed by atoms with van der Waals surface area (Å²) in [5.74, 6) is -1.31. The van der Waals surface area contributed by atoms with Gasteiger partial charge in [0.15, 0.2) is 0 Å². The summed E-state index contributed by atoms with van der Waals surface area (Å²) < 4.78 is 39.5. The number of nitrogens with zero attached hydrogens (tertiary/aromatic N) is 1. The molecule has 0 spiro atoms. The molecular formula is C16H15BrClFN2O3S. The third-order valence-corrected chi connectivity index (χ3v) is 5.19. The molecule has 0 aliphatic heterocycles. The first kappa shape index (κ1) is 19.7. The molecule has 0 bridgehead atoms. The maximum absolute atomic E-state index is 13.8. The van der Waals surface area contributed by atoms with Crippen LogP contribution in [0.5, 0.6) is 0 Å². The molecule has 9 heteroatoms. The van der Waals surface area contributed by atoms with E-state index in [1.165, 1.54) is 18.2 Å². The summed E-state index contributed by atoms with van der Waals surface area (Å²) in [4.78, 5) is 12.2. The van der Waals surface area contributed by atoms with Crippen LogP contribution in [0.25, 0.3) is 0 Å². The molecule has 0 saturated carbocycles. The number of rotatable bonds is 5. The van der Waals surface area contributed by atoms with Crippen LogP contribution in [0.2, 0.25) is 5.02 Å². The van der Waals surface area contributed by atoms with Crippen molar-refractivity contribution in [2.24, 2.45) is 0 Å². The fourth-order valence-electron chi connectivity index (χ4n) is 2.14. The second-order valence-electron chi connectivity index (χ2n) is 5.37. The lowest BCUT2D eigenvalue weighted by Crippen LogP contribution is -2.38. The molecule has 0 atom stereocenters. The van der Waals surface area contributed by atoms with E-state index in [0.717, 1.165) is 10.6 Å². The van der Waals surface area contributed by atoms with Crippen LogP contribution in [-0.2, 0) is 14.8 Å². The minimum absolute atomic E-state index is 0.0375. The lowest BCUT2D eigenvalue weighted by Gasteiger charge is -2.24. The van der Waals surface area contributed by atoms with Gasteiger partial charge in [0.2, 0.25) is 15.9 Å². The maximum Gasteiger partial charge on any atom is 0.245 e. The Morgan fingerprint density at radius 3 is 2.56 bits per heavy atom. The molecule has 0 aromatic heterocycles. The molecule has 2 aromatic carbocycles. The van der Waals surface area contributed by atoms with Gasteiger partial charge in [-0.1, -0.05) is 33.6 Å². The van der Waals surface area contributed by atoms with Gasteiger partial charge in [-0.25, -0.2) is 12.8 Å². The molecule has 5 nitrogen and oxygen atoms in total. The van der Waals surface area contributed by atoms with E-state index >= 15 is 0 Å². The zero-order valence-electron chi connectivity index (χ0n) is 13.4. The predicted octanol–water partition coefficient (Wildman–Crippen LogP) is 3.95. The number of halogens is 3. The van der Waals surface area contributed by atoms with Gasteiger partial charge in [0.25, 0.3) is 0 Å². The minimum atomic E-state index is -3.75. The highest BCUT2D eigenvalue weighted by Gasteiger charge is 2.23. The van der Waals surface area contributed by atoms with Crippen molar-refractivity contribution in [3.05, 3.63) is 57.3 Å². The Labute approximate surface area is 159 Å². The van der Waals surface area contributed by atoms with Gasteiger partial charge in [0, 0.05) is 9.50 Å². The normalized spacial score (nSPS) is 11.2. The number of hydrogen-bond acceptors (Lipinski definition) is 3. The van der Waals surface area contributed by atoms with Crippen LogP contribution in [0.1, 0.15) is 5.56 Å². The summed E-state index contributed by atoms with van der Waals surface area (Å²) in [6.45, 7) is 1.20. The topological polar surface area (TPSA) is 66.5 Å². The van der Waals surface area contributed by atoms with Crippen molar-refractivity contribution in [1.29, 1.82) is 0 Å². The van der Waals surface area contributed by atoms with Crippen molar-refractivity contribution >= 4 is 54.8 Å². The van der Waals surface area contributed by atoms with Gasteiger partial charge in [0.1, 0.15) is 12.4 Å². The Morgan fingerprint density at radius 1 is 1.28 bits per heavy atom. The fourth-order valence-corrected chi connectivity index (χ4v) is 3.55. The molecule has 0 radical (unpaired) electrons. The molecule has 2 rings (SSSR count). The van der Waals surface area contributed by atoms with E-state index in [1.54, 1.807) is 25.1 Å². The molecule has 134 valence electrons. The molecule has 0 aliphatic carbocycles. The Morgan fingerprint density at radius 2 is 1.96 bits per heavy atom. The zero-order valence-corrected chi connectivity index (χ0v) is 16.5. The highest BCUT2D eigenvalue weighted by molar-refractivity contribution is 9.10. The van der Waals surface area contributed by atoms with Crippen molar-refractivity contribution in [3.63, 3.8) is 0 Å². The van der Waals surface area contributed by atoms with E-state index in [-0.39, 0.29) is 5.69 Å². The summed E-state index contributed by atoms with van der Waals surface area (Å²) in [7, 11) is -3.75. The largest absolute Gasteiger partial charge is 0.322 e. The lowest BCUT2D eigenvalue weighted by molar-refractivity contribution is -0.114. The molecular weight excluding hydrogens is 435 g/mol. The van der Waals surface area contributed by atoms with Gasteiger partial charge in [-0.3, -0.25) is 9.10 Å². The summed E-state index contributed by atoms with van der Waals surface area (Å²) in [5.41, 5.74) is 0.892. The number of aryl methyl sites for hydroxylation is 1. The van der Waals surface area contributed by atoms with E-state index in [9.17, 15) is 17.6 Å². The second kappa shape index (κ2) is 7.72. The number of carbonyl (C=O) groups excluding carboxylic acids is 1. The maximum atomic E-state index is 13.8. The van der Waals surface area contributed by atoms with Crippen LogP contribution in [0.15, 0.2) is 40.9 Å². The smallest absolute Gasteiger partial charge is 0.245 e. The summed E-state index contributed by atoms with van der Waals surface area (Å²) in [5, 5.41) is 2.71. The van der Waals surface area contributed by atoms with Crippen molar-refractivity contribution in [2.45, 2.75) is 6.92 Å². The number of sulfonamides is 1. The third kappa shape index (κ3) is 5.17. The molecule has 2 aromatic rings. The standard InChI is InChI=1S/C16H15BrClFN2O3S/c1-10-3-5-12(18)8-15(10)21(25(2,23)24)9-16(22)20-14-6-4-11(17)7-13(14)19/h3-8H,9H2,1-2H3,(H,20,22). The van der Waals surface area contributed by atoms with Gasteiger partial charge in [-0.15, -0.1) is 0 Å². The van der Waals surface area contributed by atoms with Crippen LogP contribution < -0.4 is 9.62 Å². The molecule has 0 unspecified atom stereocenters. The fraction of sp³-hybridized carbons (Fsp3) is 0.188. The number of anilines is 2. The summed E-state index contributed by atoms with van der Waals surface area (Å²) in [6, 6.07) is 8.89. The molecule has 0 heterocycles. The second-order valence-corrected chi connectivity index (χ2v) is 8.63. The van der Waals surface area contributed by atoms with Crippen LogP contribution in [0, 0.1) is 12.7 Å². The molecule has 0 fully saturated rings. The molecule has 25 heavy (non-hydrogen) atoms. The highest BCUT2D eigenvalue weighted by Crippen LogP contribution is 2.26. The van der Waals surface area contributed by atoms with Crippen molar-refractivity contribution in [1.82, 2.24) is 0 Å². The molecule has 1 N–H and O–H groups in total. The Bertz CT molecular complexity index is 922. The van der Waals surface area contributed by atoms with Gasteiger partial charge in [0.05, 0.1) is 17.6 Å². The van der Waals surface area contributed by atoms with Crippen molar-refractivity contribution in [3.8, 4) is 0 Å². The quantitative estimate of drug-likeness (QED) is 0.751. The Balaban J connectivity index is 2.28. The van der Waals surface area contributed by atoms with Crippen molar-refractivity contribution < 1.29 is 17.6 Å². The molecule has 0 aliphatic rings. The summed E-state index contributed by atoms with van der Waals surface area (Å²) in [6.07, 6.45) is 0.987. The predicted molar refractivity (Wildman–Crippen MR) is 101 cm³/mol. The number of benzene rings is 2. The zero-order chi connectivity index (χ0) is 18.8. The molecule has 1 amide bonds. The van der Waals surface area contributed by atoms with E-state index < -0.39 is 28.3 Å². The lowest BCUT2D eigenvalue weighted by atomic mass is 10.2. The monoisotopic (exact) mass is 448 g/mol. The Kier molecular flexibility index (Phi) is 6.08. The van der Waals surface area contributed by atoms with Gasteiger partial charge >= 0.3 is 0 Å². The van der Waals surface area contributed by atoms with E-state index in [1.807, 2.05) is 0 Å². The Hall–Kier alpha value is -1.64. The average Bonchev–Trinajstić information content (AvgIpc) is 2.49. The highest BCUT2D eigenvalue weighted by atomic mass is 79.9. The van der Waals surface area contributed by atoms with Crippen LogP contribution in [0.3, 0.4) is 0 Å². The van der Waals surface area contributed by atoms with Gasteiger partial charge in [-0.05, 0) is 42.8 Å². The first-order valence-electron chi connectivity index (χ1n) is 7.06. The number of nitrogens with one attached hydrogen (secondary N) is 1. The first-order valence-corrected chi connectivity index (χ1v) is 10.1. The van der Waals surface area contributed by atoms with Gasteiger partial charge < -0.3 is 5.32 Å². The number of hydrogen-bond donors (Lipinski definition) is 1. The minimum Gasteiger partial charge on any atom is -0.322 e. The van der Waals surface area contributed by atoms with E-state index in [2.05, 4.69) is 21.2 Å². The first-order chi connectivity index (χ1) is 11.6. The summed E-state index contributed by atoms with van der Waals surface area (Å²) >= 11 is 9.06. The van der Waals surface area contributed by atoms with Crippen molar-refractivity contribution in [2.75, 3.05) is 22.4 Å². The SMILES string of the molecule is Cc1ccc(Cl)cc1N(CC(=O)Nc1ccc(Br)cc1F)S(C)(=O)=O. The van der Waals surface area contributed by atoms with Crippen LogP contribution in [0.4, 0.5) is 15.8 Å². The number of amides is 1. The third-order valence-electron chi connectivity index (χ3n) is 3.33. The van der Waals surface area contributed by atoms with Gasteiger partial charge in [-0.2, -0.15) is 0 Å². The number of carbonyl (C=O) groups is 1. The molecule has 0 saturated heterocycles. The van der Waals surface area contributed by atoms with E-state index in [4.69, 9.17) is 11.6 Å². The van der Waals surface area contributed by atoms with E-state index in [0.29, 0.717) is 20.7 Å². The van der Waals surface area contributed by atoms with Crippen LogP contribution in [-0.4, -0.2) is 27.1 Å².